The van der Waals surface area contributed by atoms with Crippen molar-refractivity contribution in [2.45, 2.75) is 74.1 Å². The average Bonchev–Trinajstić information content (AvgIpc) is 2.84. The molecule has 3 aliphatic carbocycles. The summed E-state index contributed by atoms with van der Waals surface area (Å²) >= 11 is 0. The number of rotatable bonds is 4. The highest BCUT2D eigenvalue weighted by Gasteiger charge is 2.64. The second kappa shape index (κ2) is 9.43. The van der Waals surface area contributed by atoms with E-state index in [9.17, 15) is 29.7 Å². The first-order valence-corrected chi connectivity index (χ1v) is 14.5. The zero-order valence-corrected chi connectivity index (χ0v) is 25.2. The van der Waals surface area contributed by atoms with Gasteiger partial charge in [-0.25, -0.2) is 0 Å². The second-order valence-corrected chi connectivity index (χ2v) is 13.6. The predicted octanol–water partition coefficient (Wildman–Crippen LogP) is 7.17. The Morgan fingerprint density at radius 3 is 2.12 bits per heavy atom. The fourth-order valence-corrected chi connectivity index (χ4v) is 8.31. The van der Waals surface area contributed by atoms with Gasteiger partial charge in [0.05, 0.1) is 17.1 Å². The highest BCUT2D eigenvalue weighted by molar-refractivity contribution is 6.29. The number of Topliss-reactive ketones (excluding diaryl/α,β-unsaturated/α-hetero) is 3. The maximum absolute atomic E-state index is 14.4. The number of hydrogen-bond donors (Lipinski definition) is 3. The summed E-state index contributed by atoms with van der Waals surface area (Å²) in [6.45, 7) is 14.9. The Hall–Kier alpha value is -3.67. The number of aryl methyl sites for hydroxylation is 1. The molecular weight excluding hydrogens is 516 g/mol. The van der Waals surface area contributed by atoms with E-state index in [4.69, 9.17) is 0 Å². The van der Waals surface area contributed by atoms with Crippen LogP contribution < -0.4 is 0 Å². The van der Waals surface area contributed by atoms with Gasteiger partial charge in [0.25, 0.3) is 0 Å². The number of carbonyl (C=O) groups is 3. The Morgan fingerprint density at radius 1 is 0.976 bits per heavy atom. The van der Waals surface area contributed by atoms with E-state index in [-0.39, 0.29) is 39.9 Å². The number of phenols is 1. The van der Waals surface area contributed by atoms with E-state index in [1.807, 2.05) is 45.9 Å². The van der Waals surface area contributed by atoms with Crippen molar-refractivity contribution < 1.29 is 29.7 Å². The van der Waals surface area contributed by atoms with Crippen LogP contribution in [0, 0.1) is 35.5 Å². The summed E-state index contributed by atoms with van der Waals surface area (Å²) in [4.78, 5) is 40.7. The van der Waals surface area contributed by atoms with Gasteiger partial charge in [-0.05, 0) is 77.8 Å². The van der Waals surface area contributed by atoms with E-state index in [2.05, 4.69) is 26.0 Å². The van der Waals surface area contributed by atoms with Crippen LogP contribution in [-0.2, 0) is 20.8 Å². The molecule has 0 heterocycles. The molecule has 5 rings (SSSR count). The van der Waals surface area contributed by atoms with E-state index in [0.717, 1.165) is 16.7 Å². The minimum atomic E-state index is -1.22. The van der Waals surface area contributed by atoms with Crippen molar-refractivity contribution in [1.29, 1.82) is 0 Å². The molecule has 6 heteroatoms. The first kappa shape index (κ1) is 28.8. The Bertz CT molecular complexity index is 1570. The molecule has 0 saturated heterocycles. The first-order chi connectivity index (χ1) is 19.0. The molecule has 1 unspecified atom stereocenters. The van der Waals surface area contributed by atoms with Crippen molar-refractivity contribution in [3.05, 3.63) is 69.5 Å². The molecule has 0 amide bonds. The summed E-state index contributed by atoms with van der Waals surface area (Å²) in [6, 6.07) is 10.2. The number of phenolic OH excluding ortho intramolecular Hbond substituents is 1. The smallest absolute Gasteiger partial charge is 0.181 e. The summed E-state index contributed by atoms with van der Waals surface area (Å²) in [5.74, 6) is -4.02. The molecule has 0 radical (unpaired) electrons. The number of aromatic hydroxyl groups is 1. The van der Waals surface area contributed by atoms with E-state index < -0.39 is 40.0 Å². The van der Waals surface area contributed by atoms with Gasteiger partial charge in [-0.3, -0.25) is 14.4 Å². The molecule has 3 N–H and O–H groups in total. The van der Waals surface area contributed by atoms with Gasteiger partial charge < -0.3 is 15.3 Å². The lowest BCUT2D eigenvalue weighted by atomic mass is 9.45. The third-order valence-corrected chi connectivity index (χ3v) is 9.86. The fourth-order valence-electron chi connectivity index (χ4n) is 8.31. The molecule has 2 aromatic rings. The molecule has 0 bridgehead atoms. The highest BCUT2D eigenvalue weighted by atomic mass is 16.3. The van der Waals surface area contributed by atoms with Gasteiger partial charge in [-0.1, -0.05) is 65.8 Å². The lowest BCUT2D eigenvalue weighted by Gasteiger charge is -2.56. The van der Waals surface area contributed by atoms with Gasteiger partial charge >= 0.3 is 0 Å². The van der Waals surface area contributed by atoms with Crippen LogP contribution in [0.15, 0.2) is 47.2 Å². The summed E-state index contributed by atoms with van der Waals surface area (Å²) < 4.78 is 0. The molecule has 6 nitrogen and oxygen atoms in total. The van der Waals surface area contributed by atoms with Crippen molar-refractivity contribution in [2.75, 3.05) is 0 Å². The predicted molar refractivity (Wildman–Crippen MR) is 159 cm³/mol. The SMILES string of the molecule is CC(=O)C1=C(O)[C@H](C(C)C)[C@]2(C)C[C@]3(C)Cc4c(-c5ccc(C(C)C)cc5)cc(C)c(O)c4C(O)=C3C(=O)C2C1=O. The largest absolute Gasteiger partial charge is 0.511 e. The zero-order chi connectivity index (χ0) is 30.3. The highest BCUT2D eigenvalue weighted by Crippen LogP contribution is 2.63. The van der Waals surface area contributed by atoms with Crippen LogP contribution in [0.4, 0.5) is 0 Å². The van der Waals surface area contributed by atoms with Crippen molar-refractivity contribution in [3.8, 4) is 16.9 Å². The number of carbonyl (C=O) groups excluding carboxylic acids is 3. The Labute approximate surface area is 241 Å². The summed E-state index contributed by atoms with van der Waals surface area (Å²) in [5, 5.41) is 34.3. The number of benzene rings is 2. The van der Waals surface area contributed by atoms with E-state index in [1.54, 1.807) is 6.92 Å². The summed E-state index contributed by atoms with van der Waals surface area (Å²) in [6.07, 6.45) is 0.688. The number of fused-ring (bicyclic) bond motifs is 3. The number of allylic oxidation sites excluding steroid dienone is 3. The van der Waals surface area contributed by atoms with Gasteiger partial charge in [0.15, 0.2) is 17.3 Å². The van der Waals surface area contributed by atoms with Crippen LogP contribution in [-0.4, -0.2) is 32.7 Å². The number of ketones is 3. The molecular formula is C35H40O6. The molecule has 4 atom stereocenters. The molecule has 41 heavy (non-hydrogen) atoms. The third-order valence-electron chi connectivity index (χ3n) is 9.86. The van der Waals surface area contributed by atoms with Crippen LogP contribution in [0.25, 0.3) is 16.9 Å². The van der Waals surface area contributed by atoms with E-state index in [1.165, 1.54) is 12.5 Å². The standard InChI is InChI=1S/C35H40O6/c1-16(2)20-9-11-21(12-10-20)22-13-18(5)29(37)25-23(22)14-34(7)15-35(8)26(17(3)4)30(38)24(19(6)36)31(39)28(35)33(41)27(34)32(25)40/h9-13,16-17,26,28,37-38,40H,14-15H2,1-8H3/t26-,28?,34-,35-/m0/s1. The molecule has 0 aromatic heterocycles. The van der Waals surface area contributed by atoms with Gasteiger partial charge in [0, 0.05) is 16.9 Å². The van der Waals surface area contributed by atoms with Gasteiger partial charge in [0.2, 0.25) is 0 Å². The molecule has 1 fully saturated rings. The summed E-state index contributed by atoms with van der Waals surface area (Å²) in [5.41, 5.74) is 2.51. The molecule has 3 aliphatic rings. The van der Waals surface area contributed by atoms with Crippen molar-refractivity contribution in [3.63, 3.8) is 0 Å². The normalized spacial score (nSPS) is 27.8. The average molecular weight is 557 g/mol. The molecule has 2 aromatic carbocycles. The number of aliphatic hydroxyl groups is 2. The zero-order valence-electron chi connectivity index (χ0n) is 25.2. The second-order valence-electron chi connectivity index (χ2n) is 13.6. The molecule has 0 aliphatic heterocycles. The van der Waals surface area contributed by atoms with Gasteiger partial charge in [-0.2, -0.15) is 0 Å². The molecule has 216 valence electrons. The summed E-state index contributed by atoms with van der Waals surface area (Å²) in [7, 11) is 0. The third kappa shape index (κ3) is 4.01. The van der Waals surface area contributed by atoms with Crippen LogP contribution in [0.2, 0.25) is 0 Å². The van der Waals surface area contributed by atoms with Crippen molar-refractivity contribution in [1.82, 2.24) is 0 Å². The quantitative estimate of drug-likeness (QED) is 0.272. The number of aliphatic hydroxyl groups excluding tert-OH is 2. The Morgan fingerprint density at radius 2 is 1.59 bits per heavy atom. The molecule has 1 saturated carbocycles. The van der Waals surface area contributed by atoms with E-state index in [0.29, 0.717) is 24.3 Å². The number of hydrogen-bond acceptors (Lipinski definition) is 6. The van der Waals surface area contributed by atoms with Crippen molar-refractivity contribution in [2.24, 2.45) is 28.6 Å². The monoisotopic (exact) mass is 556 g/mol. The van der Waals surface area contributed by atoms with E-state index >= 15 is 0 Å². The van der Waals surface area contributed by atoms with Crippen LogP contribution in [0.3, 0.4) is 0 Å². The van der Waals surface area contributed by atoms with Gasteiger partial charge in [0.1, 0.15) is 17.3 Å². The minimum absolute atomic E-state index is 0.0901. The van der Waals surface area contributed by atoms with Crippen LogP contribution >= 0.6 is 0 Å². The lowest BCUT2D eigenvalue weighted by Crippen LogP contribution is -2.59. The first-order valence-electron chi connectivity index (χ1n) is 14.5. The fraction of sp³-hybridized carbons (Fsp3) is 0.457. The maximum atomic E-state index is 14.4. The van der Waals surface area contributed by atoms with Crippen LogP contribution in [0.5, 0.6) is 5.75 Å². The van der Waals surface area contributed by atoms with Crippen molar-refractivity contribution >= 4 is 23.1 Å². The Balaban J connectivity index is 1.76. The van der Waals surface area contributed by atoms with Crippen LogP contribution in [0.1, 0.15) is 83.1 Å². The topological polar surface area (TPSA) is 112 Å². The lowest BCUT2D eigenvalue weighted by molar-refractivity contribution is -0.146. The van der Waals surface area contributed by atoms with Gasteiger partial charge in [-0.15, -0.1) is 0 Å². The minimum Gasteiger partial charge on any atom is -0.511 e. The maximum Gasteiger partial charge on any atom is 0.181 e. The molecule has 0 spiro atoms. The Kier molecular flexibility index (Phi) is 6.64.